The molecule has 4 rings (SSSR count). The molecule has 0 aromatic rings. The molecule has 0 heteroatoms. The second kappa shape index (κ2) is 5.12. The normalized spacial score (nSPS) is 54.2. The Morgan fingerprint density at radius 1 is 0.818 bits per heavy atom. The maximum Gasteiger partial charge on any atom is -0.0152 e. The van der Waals surface area contributed by atoms with Gasteiger partial charge >= 0.3 is 0 Å². The van der Waals surface area contributed by atoms with Crippen LogP contribution in [-0.4, -0.2) is 0 Å². The van der Waals surface area contributed by atoms with Gasteiger partial charge in [-0.15, -0.1) is 0 Å². The van der Waals surface area contributed by atoms with Gasteiger partial charge in [-0.25, -0.2) is 0 Å². The van der Waals surface area contributed by atoms with Gasteiger partial charge in [0.25, 0.3) is 0 Å². The van der Waals surface area contributed by atoms with Gasteiger partial charge in [-0.05, 0) is 98.7 Å². The van der Waals surface area contributed by atoms with Crippen LogP contribution in [0.25, 0.3) is 0 Å². The van der Waals surface area contributed by atoms with Crippen LogP contribution < -0.4 is 0 Å². The highest BCUT2D eigenvalue weighted by Gasteiger charge is 2.59. The summed E-state index contributed by atoms with van der Waals surface area (Å²) in [4.78, 5) is 0. The summed E-state index contributed by atoms with van der Waals surface area (Å²) < 4.78 is 0. The van der Waals surface area contributed by atoms with E-state index in [1.807, 2.05) is 0 Å². The van der Waals surface area contributed by atoms with Gasteiger partial charge in [0, 0.05) is 0 Å². The topological polar surface area (TPSA) is 0 Å². The van der Waals surface area contributed by atoms with E-state index in [9.17, 15) is 0 Å². The fourth-order valence-electron chi connectivity index (χ4n) is 8.10. The summed E-state index contributed by atoms with van der Waals surface area (Å²) in [6.45, 7) is 12.0. The Kier molecular flexibility index (Phi) is 3.55. The molecule has 0 aromatic carbocycles. The second-order valence-electron chi connectivity index (χ2n) is 9.92. The molecule has 0 radical (unpaired) electrons. The summed E-state index contributed by atoms with van der Waals surface area (Å²) in [7, 11) is 0. The van der Waals surface area contributed by atoms with Crippen molar-refractivity contribution in [1.29, 1.82) is 0 Å². The largest absolute Gasteiger partial charge is 0.0998 e. The second-order valence-corrected chi connectivity index (χ2v) is 9.92. The van der Waals surface area contributed by atoms with E-state index in [2.05, 4.69) is 27.4 Å². The van der Waals surface area contributed by atoms with Gasteiger partial charge in [-0.1, -0.05) is 38.8 Å². The van der Waals surface area contributed by atoms with Crippen molar-refractivity contribution in [2.24, 2.45) is 40.4 Å². The molecule has 0 aromatic heterocycles. The van der Waals surface area contributed by atoms with E-state index in [1.165, 1.54) is 56.9 Å². The minimum atomic E-state index is 0.588. The number of fused-ring (bicyclic) bond motifs is 5. The van der Waals surface area contributed by atoms with E-state index >= 15 is 0 Å². The van der Waals surface area contributed by atoms with Gasteiger partial charge in [0.1, 0.15) is 0 Å². The molecule has 0 amide bonds. The first kappa shape index (κ1) is 15.3. The minimum absolute atomic E-state index is 0.588. The monoisotopic (exact) mass is 300 g/mol. The molecule has 0 nitrogen and oxygen atoms in total. The molecule has 7 atom stereocenters. The highest BCUT2D eigenvalue weighted by Crippen LogP contribution is 2.68. The molecule has 0 heterocycles. The molecular formula is C22H36. The Hall–Kier alpha value is -0.260. The highest BCUT2D eigenvalue weighted by atomic mass is 14.6. The van der Waals surface area contributed by atoms with Crippen LogP contribution in [0.1, 0.15) is 85.0 Å². The molecule has 0 N–H and O–H groups in total. The molecule has 4 saturated carbocycles. The Morgan fingerprint density at radius 2 is 1.59 bits per heavy atom. The first-order valence-corrected chi connectivity index (χ1v) is 10.1. The first-order valence-electron chi connectivity index (χ1n) is 10.1. The van der Waals surface area contributed by atoms with Crippen LogP contribution in [0, 0.1) is 40.4 Å². The van der Waals surface area contributed by atoms with Crippen molar-refractivity contribution in [3.05, 3.63) is 12.2 Å². The predicted molar refractivity (Wildman–Crippen MR) is 94.6 cm³/mol. The molecule has 4 aliphatic carbocycles. The van der Waals surface area contributed by atoms with Crippen molar-refractivity contribution >= 4 is 0 Å². The molecule has 0 aliphatic heterocycles. The van der Waals surface area contributed by atoms with Gasteiger partial charge in [0.05, 0.1) is 0 Å². The SMILES string of the molecule is C=C(C)[C@H]1CC[C@H]2[C@@H]3CC[C@@H]4CCCC[C@]4(C)[C@H]3CC[C@]12C. The lowest BCUT2D eigenvalue weighted by molar-refractivity contribution is -0.108. The fourth-order valence-corrected chi connectivity index (χ4v) is 8.10. The Balaban J connectivity index is 1.63. The van der Waals surface area contributed by atoms with E-state index in [0.717, 1.165) is 29.6 Å². The zero-order valence-corrected chi connectivity index (χ0v) is 15.2. The van der Waals surface area contributed by atoms with Gasteiger partial charge in [-0.2, -0.15) is 0 Å². The maximum atomic E-state index is 4.36. The summed E-state index contributed by atoms with van der Waals surface area (Å²) in [6, 6.07) is 0. The van der Waals surface area contributed by atoms with Crippen LogP contribution in [0.3, 0.4) is 0 Å². The maximum absolute atomic E-state index is 4.36. The van der Waals surface area contributed by atoms with Crippen molar-refractivity contribution < 1.29 is 0 Å². The highest BCUT2D eigenvalue weighted by molar-refractivity contribution is 5.14. The lowest BCUT2D eigenvalue weighted by atomic mass is 9.45. The zero-order valence-electron chi connectivity index (χ0n) is 15.2. The molecule has 0 unspecified atom stereocenters. The van der Waals surface area contributed by atoms with Gasteiger partial charge in [-0.3, -0.25) is 0 Å². The molecule has 124 valence electrons. The third-order valence-corrected chi connectivity index (χ3v) is 9.18. The van der Waals surface area contributed by atoms with Gasteiger partial charge in [0.15, 0.2) is 0 Å². The Labute approximate surface area is 138 Å². The first-order chi connectivity index (χ1) is 10.5. The molecule has 4 fully saturated rings. The third-order valence-electron chi connectivity index (χ3n) is 9.18. The lowest BCUT2D eigenvalue weighted by Crippen LogP contribution is -2.52. The summed E-state index contributed by atoms with van der Waals surface area (Å²) in [5, 5.41) is 0. The van der Waals surface area contributed by atoms with Crippen LogP contribution >= 0.6 is 0 Å². The summed E-state index contributed by atoms with van der Waals surface area (Å²) >= 11 is 0. The fraction of sp³-hybridized carbons (Fsp3) is 0.909. The van der Waals surface area contributed by atoms with E-state index in [-0.39, 0.29) is 0 Å². The number of allylic oxidation sites excluding steroid dienone is 1. The van der Waals surface area contributed by atoms with Crippen LogP contribution in [-0.2, 0) is 0 Å². The number of hydrogen-bond acceptors (Lipinski definition) is 0. The summed E-state index contributed by atoms with van der Waals surface area (Å²) in [5.41, 5.74) is 2.76. The van der Waals surface area contributed by atoms with Crippen LogP contribution in [0.2, 0.25) is 0 Å². The van der Waals surface area contributed by atoms with Crippen molar-refractivity contribution in [3.63, 3.8) is 0 Å². The quantitative estimate of drug-likeness (QED) is 0.478. The molecule has 0 spiro atoms. The van der Waals surface area contributed by atoms with E-state index in [4.69, 9.17) is 0 Å². The predicted octanol–water partition coefficient (Wildman–Crippen LogP) is 6.61. The van der Waals surface area contributed by atoms with E-state index < -0.39 is 0 Å². The molecule has 0 bridgehead atoms. The lowest BCUT2D eigenvalue weighted by Gasteiger charge is -2.60. The number of hydrogen-bond donors (Lipinski definition) is 0. The van der Waals surface area contributed by atoms with E-state index in [0.29, 0.717) is 10.8 Å². The zero-order chi connectivity index (χ0) is 15.5. The van der Waals surface area contributed by atoms with Crippen molar-refractivity contribution in [2.75, 3.05) is 0 Å². The van der Waals surface area contributed by atoms with Crippen molar-refractivity contribution in [1.82, 2.24) is 0 Å². The molecular weight excluding hydrogens is 264 g/mol. The average molecular weight is 301 g/mol. The van der Waals surface area contributed by atoms with Crippen molar-refractivity contribution in [2.45, 2.75) is 85.0 Å². The van der Waals surface area contributed by atoms with Crippen LogP contribution in [0.5, 0.6) is 0 Å². The summed E-state index contributed by atoms with van der Waals surface area (Å²) in [6.07, 6.45) is 15.1. The minimum Gasteiger partial charge on any atom is -0.0998 e. The molecule has 22 heavy (non-hydrogen) atoms. The van der Waals surface area contributed by atoms with Gasteiger partial charge < -0.3 is 0 Å². The number of rotatable bonds is 1. The third kappa shape index (κ3) is 1.94. The van der Waals surface area contributed by atoms with Crippen LogP contribution in [0.4, 0.5) is 0 Å². The van der Waals surface area contributed by atoms with Gasteiger partial charge in [0.2, 0.25) is 0 Å². The van der Waals surface area contributed by atoms with Crippen LogP contribution in [0.15, 0.2) is 12.2 Å². The Bertz CT molecular complexity index is 463. The molecule has 0 saturated heterocycles. The Morgan fingerprint density at radius 3 is 2.36 bits per heavy atom. The van der Waals surface area contributed by atoms with E-state index in [1.54, 1.807) is 12.8 Å². The smallest absolute Gasteiger partial charge is 0.0152 e. The molecule has 4 aliphatic rings. The average Bonchev–Trinajstić information content (AvgIpc) is 2.84. The van der Waals surface area contributed by atoms with Crippen molar-refractivity contribution in [3.8, 4) is 0 Å². The summed E-state index contributed by atoms with van der Waals surface area (Å²) in [5.74, 6) is 4.98. The standard InChI is InChI=1S/C22H36/c1-15(2)18-10-11-19-17-9-8-16-7-5-6-13-21(16,3)20(17)12-14-22(18,19)4/h16-20H,1,5-14H2,2-4H3/t16-,17-,18+,19-,20-,21-,22+/m0/s1.